The molecule has 0 aliphatic carbocycles. The van der Waals surface area contributed by atoms with Gasteiger partial charge in [0, 0.05) is 20.2 Å². The van der Waals surface area contributed by atoms with Gasteiger partial charge in [-0.15, -0.1) is 11.3 Å². The topological polar surface area (TPSA) is 42.2 Å². The Labute approximate surface area is 181 Å². The fourth-order valence-corrected chi connectivity index (χ4v) is 5.14. The zero-order valence-corrected chi connectivity index (χ0v) is 18.3. The molecule has 30 heavy (non-hydrogen) atoms. The van der Waals surface area contributed by atoms with Crippen LogP contribution >= 0.6 is 11.3 Å². The standard InChI is InChI=1S/C25H22BNO2S/c1-24(2)25(3,4)29-26(28-24)19-13-14-21-23(18-7-5-6-8-20(18)30-21)22(19)17-11-9-16(15-27)10-12-17/h5-14H,1-4H3. The van der Waals surface area contributed by atoms with E-state index in [4.69, 9.17) is 9.31 Å². The van der Waals surface area contributed by atoms with Gasteiger partial charge in [0.2, 0.25) is 0 Å². The highest BCUT2D eigenvalue weighted by molar-refractivity contribution is 7.26. The molecule has 0 N–H and O–H groups in total. The summed E-state index contributed by atoms with van der Waals surface area (Å²) in [5.41, 5.74) is 3.03. The molecule has 1 aliphatic rings. The van der Waals surface area contributed by atoms with Crippen molar-refractivity contribution in [2.24, 2.45) is 0 Å². The Hall–Kier alpha value is -2.65. The number of fused-ring (bicyclic) bond motifs is 3. The number of thiophene rings is 1. The van der Waals surface area contributed by atoms with Crippen molar-refractivity contribution in [3.05, 3.63) is 66.2 Å². The highest BCUT2D eigenvalue weighted by Crippen LogP contribution is 2.42. The first-order chi connectivity index (χ1) is 14.3. The van der Waals surface area contributed by atoms with Gasteiger partial charge in [-0.3, -0.25) is 0 Å². The minimum Gasteiger partial charge on any atom is -0.399 e. The van der Waals surface area contributed by atoms with Crippen LogP contribution < -0.4 is 5.46 Å². The number of benzene rings is 3. The van der Waals surface area contributed by atoms with E-state index < -0.39 is 18.3 Å². The van der Waals surface area contributed by atoms with Crippen LogP contribution in [0, 0.1) is 11.3 Å². The molecule has 0 spiro atoms. The summed E-state index contributed by atoms with van der Waals surface area (Å²) in [7, 11) is -0.455. The largest absolute Gasteiger partial charge is 0.495 e. The monoisotopic (exact) mass is 411 g/mol. The van der Waals surface area contributed by atoms with E-state index in [2.05, 4.69) is 70.2 Å². The Morgan fingerprint density at radius 1 is 0.833 bits per heavy atom. The molecule has 1 saturated heterocycles. The first kappa shape index (κ1) is 19.3. The van der Waals surface area contributed by atoms with E-state index in [1.165, 1.54) is 20.2 Å². The van der Waals surface area contributed by atoms with Gasteiger partial charge in [0.15, 0.2) is 0 Å². The Kier molecular flexibility index (Phi) is 4.30. The van der Waals surface area contributed by atoms with Gasteiger partial charge >= 0.3 is 7.12 Å². The van der Waals surface area contributed by atoms with E-state index in [-0.39, 0.29) is 0 Å². The zero-order chi connectivity index (χ0) is 21.1. The number of hydrogen-bond acceptors (Lipinski definition) is 4. The molecule has 0 saturated carbocycles. The maximum atomic E-state index is 9.23. The zero-order valence-electron chi connectivity index (χ0n) is 17.5. The molecule has 5 rings (SSSR count). The van der Waals surface area contributed by atoms with E-state index in [1.54, 1.807) is 11.3 Å². The fraction of sp³-hybridized carbons (Fsp3) is 0.240. The van der Waals surface area contributed by atoms with Crippen molar-refractivity contribution < 1.29 is 9.31 Å². The maximum absolute atomic E-state index is 9.23. The van der Waals surface area contributed by atoms with E-state index in [0.29, 0.717) is 5.56 Å². The predicted molar refractivity (Wildman–Crippen MR) is 125 cm³/mol. The van der Waals surface area contributed by atoms with Crippen LogP contribution in [0.2, 0.25) is 0 Å². The second-order valence-electron chi connectivity index (χ2n) is 8.78. The average molecular weight is 411 g/mol. The van der Waals surface area contributed by atoms with Gasteiger partial charge in [-0.05, 0) is 68.6 Å². The lowest BCUT2D eigenvalue weighted by Gasteiger charge is -2.32. The molecule has 3 aromatic carbocycles. The normalized spacial score (nSPS) is 17.5. The molecule has 2 heterocycles. The van der Waals surface area contributed by atoms with Crippen molar-refractivity contribution in [2.75, 3.05) is 0 Å². The van der Waals surface area contributed by atoms with Crippen molar-refractivity contribution in [3.63, 3.8) is 0 Å². The van der Waals surface area contributed by atoms with Gasteiger partial charge in [0.05, 0.1) is 22.8 Å². The van der Waals surface area contributed by atoms with Crippen LogP contribution in [0.4, 0.5) is 0 Å². The summed E-state index contributed by atoms with van der Waals surface area (Å²) in [6, 6.07) is 22.8. The molecule has 4 aromatic rings. The average Bonchev–Trinajstić information content (AvgIpc) is 3.20. The van der Waals surface area contributed by atoms with Crippen molar-refractivity contribution in [1.82, 2.24) is 0 Å². The number of hydrogen-bond donors (Lipinski definition) is 0. The van der Waals surface area contributed by atoms with Crippen molar-refractivity contribution in [2.45, 2.75) is 38.9 Å². The van der Waals surface area contributed by atoms with E-state index in [1.807, 2.05) is 24.3 Å². The SMILES string of the molecule is CC1(C)OB(c2ccc3sc4ccccc4c3c2-c2ccc(C#N)cc2)OC1(C)C. The molecule has 148 valence electrons. The molecule has 0 radical (unpaired) electrons. The molecule has 0 bridgehead atoms. The third kappa shape index (κ3) is 2.87. The molecular weight excluding hydrogens is 389 g/mol. The maximum Gasteiger partial charge on any atom is 0.495 e. The molecule has 1 fully saturated rings. The van der Waals surface area contributed by atoms with Crippen molar-refractivity contribution >= 4 is 44.1 Å². The Morgan fingerprint density at radius 3 is 2.17 bits per heavy atom. The lowest BCUT2D eigenvalue weighted by Crippen LogP contribution is -2.41. The lowest BCUT2D eigenvalue weighted by atomic mass is 9.73. The Morgan fingerprint density at radius 2 is 1.50 bits per heavy atom. The first-order valence-corrected chi connectivity index (χ1v) is 10.9. The van der Waals surface area contributed by atoms with Crippen molar-refractivity contribution in [1.29, 1.82) is 5.26 Å². The Bertz CT molecular complexity index is 1300. The third-order valence-electron chi connectivity index (χ3n) is 6.39. The van der Waals surface area contributed by atoms with Crippen LogP contribution in [0.1, 0.15) is 33.3 Å². The van der Waals surface area contributed by atoms with Crippen molar-refractivity contribution in [3.8, 4) is 17.2 Å². The molecule has 5 heteroatoms. The van der Waals surface area contributed by atoms with Crippen LogP contribution in [-0.4, -0.2) is 18.3 Å². The molecule has 0 unspecified atom stereocenters. The van der Waals surface area contributed by atoms with Gasteiger partial charge in [0.1, 0.15) is 0 Å². The molecular formula is C25H22BNO2S. The molecule has 3 nitrogen and oxygen atoms in total. The summed E-state index contributed by atoms with van der Waals surface area (Å²) in [6.07, 6.45) is 0. The smallest absolute Gasteiger partial charge is 0.399 e. The minimum absolute atomic E-state index is 0.411. The molecule has 0 amide bonds. The summed E-state index contributed by atoms with van der Waals surface area (Å²) < 4.78 is 15.3. The summed E-state index contributed by atoms with van der Waals surface area (Å²) >= 11 is 1.80. The van der Waals surface area contributed by atoms with E-state index in [9.17, 15) is 5.26 Å². The van der Waals surface area contributed by atoms with E-state index in [0.717, 1.165) is 16.6 Å². The summed E-state index contributed by atoms with van der Waals surface area (Å²) in [4.78, 5) is 0. The van der Waals surface area contributed by atoms with Crippen LogP contribution in [0.5, 0.6) is 0 Å². The summed E-state index contributed by atoms with van der Waals surface area (Å²) in [5, 5.41) is 11.7. The van der Waals surface area contributed by atoms with Gasteiger partial charge in [0.25, 0.3) is 0 Å². The second-order valence-corrected chi connectivity index (χ2v) is 9.86. The van der Waals surface area contributed by atoms with Crippen LogP contribution in [-0.2, 0) is 9.31 Å². The summed E-state index contributed by atoms with van der Waals surface area (Å²) in [5.74, 6) is 0. The third-order valence-corrected chi connectivity index (χ3v) is 7.52. The number of nitrogens with zero attached hydrogens (tertiary/aromatic N) is 1. The Balaban J connectivity index is 1.81. The van der Waals surface area contributed by atoms with Crippen LogP contribution in [0.15, 0.2) is 60.7 Å². The molecule has 1 aliphatic heterocycles. The highest BCUT2D eigenvalue weighted by atomic mass is 32.1. The minimum atomic E-state index is -0.455. The fourth-order valence-electron chi connectivity index (χ4n) is 4.02. The molecule has 0 atom stereocenters. The highest BCUT2D eigenvalue weighted by Gasteiger charge is 2.52. The second kappa shape index (κ2) is 6.68. The van der Waals surface area contributed by atoms with E-state index >= 15 is 0 Å². The van der Waals surface area contributed by atoms with Crippen LogP contribution in [0.3, 0.4) is 0 Å². The number of rotatable bonds is 2. The number of nitriles is 1. The van der Waals surface area contributed by atoms with Gasteiger partial charge in [-0.1, -0.05) is 36.4 Å². The lowest BCUT2D eigenvalue weighted by molar-refractivity contribution is 0.00578. The summed E-state index contributed by atoms with van der Waals surface area (Å²) in [6.45, 7) is 8.31. The van der Waals surface area contributed by atoms with Gasteiger partial charge < -0.3 is 9.31 Å². The first-order valence-electron chi connectivity index (χ1n) is 10.1. The predicted octanol–water partition coefficient (Wildman–Crippen LogP) is 5.89. The quantitative estimate of drug-likeness (QED) is 0.386. The van der Waals surface area contributed by atoms with Gasteiger partial charge in [-0.2, -0.15) is 5.26 Å². The van der Waals surface area contributed by atoms with Gasteiger partial charge in [-0.25, -0.2) is 0 Å². The molecule has 1 aromatic heterocycles. The van der Waals surface area contributed by atoms with Crippen LogP contribution in [0.25, 0.3) is 31.3 Å².